The summed E-state index contributed by atoms with van der Waals surface area (Å²) in [5.41, 5.74) is 0. The Morgan fingerprint density at radius 3 is 2.30 bits per heavy atom. The summed E-state index contributed by atoms with van der Waals surface area (Å²) in [5.74, 6) is 0.578. The van der Waals surface area contributed by atoms with Gasteiger partial charge in [0.15, 0.2) is 0 Å². The summed E-state index contributed by atoms with van der Waals surface area (Å²) in [5, 5.41) is 12.0. The fraction of sp³-hybridized carbons (Fsp3) is 1.00. The van der Waals surface area contributed by atoms with Gasteiger partial charge in [-0.3, -0.25) is 5.09 Å². The van der Waals surface area contributed by atoms with Gasteiger partial charge in [0.2, 0.25) is 0 Å². The van der Waals surface area contributed by atoms with Gasteiger partial charge in [-0.15, -0.1) is 0 Å². The summed E-state index contributed by atoms with van der Waals surface area (Å²) in [4.78, 5) is 0. The summed E-state index contributed by atoms with van der Waals surface area (Å²) >= 11 is 0. The van der Waals surface area contributed by atoms with Gasteiger partial charge < -0.3 is 5.11 Å². The lowest BCUT2D eigenvalue weighted by Gasteiger charge is -2.26. The SMILES string of the molecule is OCC1CCC(NP)CC1. The molecule has 0 amide bonds. The van der Waals surface area contributed by atoms with Crippen LogP contribution in [0.15, 0.2) is 0 Å². The van der Waals surface area contributed by atoms with Crippen molar-refractivity contribution in [3.05, 3.63) is 0 Å². The van der Waals surface area contributed by atoms with Crippen molar-refractivity contribution in [3.8, 4) is 0 Å². The van der Waals surface area contributed by atoms with Gasteiger partial charge in [0.1, 0.15) is 0 Å². The molecule has 60 valence electrons. The van der Waals surface area contributed by atoms with Crippen molar-refractivity contribution in [1.82, 2.24) is 5.09 Å². The molecule has 1 atom stereocenters. The minimum atomic E-state index is 0.379. The zero-order chi connectivity index (χ0) is 7.40. The molecule has 1 aliphatic carbocycles. The first-order valence-electron chi connectivity index (χ1n) is 3.93. The molecule has 1 aliphatic rings. The average molecular weight is 161 g/mol. The van der Waals surface area contributed by atoms with Crippen LogP contribution in [0.3, 0.4) is 0 Å². The predicted molar refractivity (Wildman–Crippen MR) is 45.7 cm³/mol. The molecule has 0 aliphatic heterocycles. The number of aliphatic hydroxyl groups is 1. The van der Waals surface area contributed by atoms with Crippen LogP contribution >= 0.6 is 9.39 Å². The van der Waals surface area contributed by atoms with E-state index >= 15 is 0 Å². The van der Waals surface area contributed by atoms with E-state index in [9.17, 15) is 0 Å². The van der Waals surface area contributed by atoms with E-state index < -0.39 is 0 Å². The van der Waals surface area contributed by atoms with Gasteiger partial charge in [0.25, 0.3) is 0 Å². The number of hydrogen-bond donors (Lipinski definition) is 2. The summed E-state index contributed by atoms with van der Waals surface area (Å²) in [7, 11) is 2.56. The molecule has 10 heavy (non-hydrogen) atoms. The quantitative estimate of drug-likeness (QED) is 0.590. The van der Waals surface area contributed by atoms with Crippen LogP contribution in [-0.2, 0) is 0 Å². The molecule has 0 radical (unpaired) electrons. The highest BCUT2D eigenvalue weighted by Crippen LogP contribution is 2.23. The van der Waals surface area contributed by atoms with E-state index in [0.29, 0.717) is 18.6 Å². The molecule has 1 fully saturated rings. The van der Waals surface area contributed by atoms with Crippen LogP contribution in [0.5, 0.6) is 0 Å². The van der Waals surface area contributed by atoms with Crippen LogP contribution in [0.2, 0.25) is 0 Å². The molecule has 1 rings (SSSR count). The van der Waals surface area contributed by atoms with E-state index in [0.717, 1.165) is 0 Å². The lowest BCUT2D eigenvalue weighted by molar-refractivity contribution is 0.181. The maximum Gasteiger partial charge on any atom is 0.0459 e. The Morgan fingerprint density at radius 1 is 1.30 bits per heavy atom. The topological polar surface area (TPSA) is 32.3 Å². The third-order valence-electron chi connectivity index (χ3n) is 2.34. The zero-order valence-electron chi connectivity index (χ0n) is 6.21. The smallest absolute Gasteiger partial charge is 0.0459 e. The van der Waals surface area contributed by atoms with E-state index in [2.05, 4.69) is 14.5 Å². The molecular formula is C7H16NOP. The molecule has 0 saturated heterocycles. The molecule has 1 saturated carbocycles. The molecule has 0 aromatic carbocycles. The molecule has 1 unspecified atom stereocenters. The fourth-order valence-electron chi connectivity index (χ4n) is 1.51. The maximum atomic E-state index is 8.82. The number of rotatable bonds is 2. The summed E-state index contributed by atoms with van der Waals surface area (Å²) < 4.78 is 0. The first-order valence-corrected chi connectivity index (χ1v) is 4.51. The van der Waals surface area contributed by atoms with Gasteiger partial charge in [-0.25, -0.2) is 0 Å². The Hall–Kier alpha value is 0.350. The van der Waals surface area contributed by atoms with Crippen LogP contribution < -0.4 is 5.09 Å². The van der Waals surface area contributed by atoms with E-state index in [-0.39, 0.29) is 0 Å². The van der Waals surface area contributed by atoms with Crippen LogP contribution in [0.25, 0.3) is 0 Å². The van der Waals surface area contributed by atoms with Crippen molar-refractivity contribution < 1.29 is 5.11 Å². The van der Waals surface area contributed by atoms with Gasteiger partial charge in [0, 0.05) is 12.6 Å². The van der Waals surface area contributed by atoms with Crippen molar-refractivity contribution in [2.24, 2.45) is 5.92 Å². The summed E-state index contributed by atoms with van der Waals surface area (Å²) in [6, 6.07) is 0.674. The lowest BCUT2D eigenvalue weighted by Crippen LogP contribution is -2.27. The highest BCUT2D eigenvalue weighted by molar-refractivity contribution is 7.13. The van der Waals surface area contributed by atoms with Crippen molar-refractivity contribution >= 4 is 9.39 Å². The Morgan fingerprint density at radius 2 is 1.90 bits per heavy atom. The largest absolute Gasteiger partial charge is 0.396 e. The Bertz CT molecular complexity index is 79.6. The molecule has 0 spiro atoms. The molecule has 3 heteroatoms. The molecule has 2 nitrogen and oxygen atoms in total. The summed E-state index contributed by atoms with van der Waals surface area (Å²) in [6.07, 6.45) is 4.80. The zero-order valence-corrected chi connectivity index (χ0v) is 7.37. The van der Waals surface area contributed by atoms with Crippen LogP contribution in [0.1, 0.15) is 25.7 Å². The lowest BCUT2D eigenvalue weighted by atomic mass is 9.87. The molecule has 0 bridgehead atoms. The van der Waals surface area contributed by atoms with Gasteiger partial charge in [0.05, 0.1) is 0 Å². The number of nitrogens with one attached hydrogen (secondary N) is 1. The minimum Gasteiger partial charge on any atom is -0.396 e. The first kappa shape index (κ1) is 8.45. The third-order valence-corrected chi connectivity index (χ3v) is 2.81. The van der Waals surface area contributed by atoms with Crippen LogP contribution in [-0.4, -0.2) is 17.8 Å². The highest BCUT2D eigenvalue weighted by atomic mass is 31.0. The van der Waals surface area contributed by atoms with E-state index in [1.165, 1.54) is 25.7 Å². The maximum absolute atomic E-state index is 8.82. The van der Waals surface area contributed by atoms with Crippen molar-refractivity contribution in [2.75, 3.05) is 6.61 Å². The van der Waals surface area contributed by atoms with Crippen molar-refractivity contribution in [1.29, 1.82) is 0 Å². The fourth-order valence-corrected chi connectivity index (χ4v) is 1.85. The highest BCUT2D eigenvalue weighted by Gasteiger charge is 2.18. The van der Waals surface area contributed by atoms with E-state index in [1.54, 1.807) is 0 Å². The number of aliphatic hydroxyl groups excluding tert-OH is 1. The van der Waals surface area contributed by atoms with Crippen LogP contribution in [0.4, 0.5) is 0 Å². The van der Waals surface area contributed by atoms with Crippen molar-refractivity contribution in [2.45, 2.75) is 31.7 Å². The monoisotopic (exact) mass is 161 g/mol. The van der Waals surface area contributed by atoms with Gasteiger partial charge in [-0.1, -0.05) is 9.39 Å². The summed E-state index contributed by atoms with van der Waals surface area (Å²) in [6.45, 7) is 0.379. The second-order valence-corrected chi connectivity index (χ2v) is 3.40. The van der Waals surface area contributed by atoms with Crippen molar-refractivity contribution in [3.63, 3.8) is 0 Å². The Labute approximate surface area is 64.7 Å². The van der Waals surface area contributed by atoms with Gasteiger partial charge >= 0.3 is 0 Å². The Balaban J connectivity index is 2.17. The third kappa shape index (κ3) is 2.19. The van der Waals surface area contributed by atoms with E-state index in [4.69, 9.17) is 5.11 Å². The molecular weight excluding hydrogens is 145 g/mol. The first-order chi connectivity index (χ1) is 4.86. The molecule has 2 N–H and O–H groups in total. The van der Waals surface area contributed by atoms with Crippen LogP contribution in [0, 0.1) is 5.92 Å². The number of hydrogen-bond acceptors (Lipinski definition) is 2. The second-order valence-electron chi connectivity index (χ2n) is 3.07. The van der Waals surface area contributed by atoms with E-state index in [1.807, 2.05) is 0 Å². The predicted octanol–water partition coefficient (Wildman–Crippen LogP) is 0.917. The average Bonchev–Trinajstić information content (AvgIpc) is 2.05. The second kappa shape index (κ2) is 4.27. The minimum absolute atomic E-state index is 0.379. The standard InChI is InChI=1S/C7H16NOP/c9-5-6-1-3-7(8-10)4-2-6/h6-9H,1-5,10H2. The molecule has 0 aromatic heterocycles. The normalized spacial score (nSPS) is 34.2. The van der Waals surface area contributed by atoms with Gasteiger partial charge in [-0.05, 0) is 31.6 Å². The Kier molecular flexibility index (Phi) is 3.61. The van der Waals surface area contributed by atoms with Gasteiger partial charge in [-0.2, -0.15) is 0 Å². The molecule has 0 aromatic rings. The molecule has 0 heterocycles.